The fourth-order valence-corrected chi connectivity index (χ4v) is 2.30. The van der Waals surface area contributed by atoms with Crippen LogP contribution in [0.1, 0.15) is 13.3 Å². The van der Waals surface area contributed by atoms with E-state index in [0.29, 0.717) is 6.04 Å². The van der Waals surface area contributed by atoms with Crippen LogP contribution in [0.3, 0.4) is 0 Å². The Bertz CT molecular complexity index is 408. The Balaban J connectivity index is 1.87. The highest BCUT2D eigenvalue weighted by atomic mass is 19.1. The summed E-state index contributed by atoms with van der Waals surface area (Å²) >= 11 is 0. The van der Waals surface area contributed by atoms with Crippen molar-refractivity contribution in [3.05, 3.63) is 24.0 Å². The molecular weight excluding hydrogens is 247 g/mol. The number of halogens is 1. The number of rotatable bonds is 5. The summed E-state index contributed by atoms with van der Waals surface area (Å²) in [6.07, 6.45) is 0.938. The van der Waals surface area contributed by atoms with Crippen LogP contribution >= 0.6 is 0 Å². The van der Waals surface area contributed by atoms with Gasteiger partial charge in [-0.3, -0.25) is 0 Å². The summed E-state index contributed by atoms with van der Waals surface area (Å²) in [6.45, 7) is 4.50. The predicted molar refractivity (Wildman–Crippen MR) is 73.3 cm³/mol. The summed E-state index contributed by atoms with van der Waals surface area (Å²) in [4.78, 5) is 0. The van der Waals surface area contributed by atoms with Crippen LogP contribution in [0, 0.1) is 5.82 Å². The van der Waals surface area contributed by atoms with Crippen LogP contribution in [-0.2, 0) is 4.74 Å². The molecule has 0 spiro atoms. The molecule has 2 unspecified atom stereocenters. The van der Waals surface area contributed by atoms with Crippen LogP contribution in [-0.4, -0.2) is 39.0 Å². The molecule has 1 heterocycles. The van der Waals surface area contributed by atoms with E-state index < -0.39 is 0 Å². The van der Waals surface area contributed by atoms with Gasteiger partial charge < -0.3 is 20.1 Å². The zero-order valence-corrected chi connectivity index (χ0v) is 11.4. The topological polar surface area (TPSA) is 42.5 Å². The van der Waals surface area contributed by atoms with E-state index in [4.69, 9.17) is 9.47 Å². The normalized spacial score (nSPS) is 20.9. The van der Waals surface area contributed by atoms with E-state index in [9.17, 15) is 4.39 Å². The highest BCUT2D eigenvalue weighted by Crippen LogP contribution is 2.21. The zero-order chi connectivity index (χ0) is 13.7. The Morgan fingerprint density at radius 2 is 2.42 bits per heavy atom. The van der Waals surface area contributed by atoms with Crippen LogP contribution in [0.2, 0.25) is 0 Å². The maximum absolute atomic E-state index is 13.6. The molecule has 106 valence electrons. The third-order valence-corrected chi connectivity index (χ3v) is 3.20. The maximum Gasteiger partial charge on any atom is 0.167 e. The van der Waals surface area contributed by atoms with Crippen molar-refractivity contribution in [3.8, 4) is 5.75 Å². The molecule has 0 amide bonds. The Morgan fingerprint density at radius 1 is 1.58 bits per heavy atom. The van der Waals surface area contributed by atoms with Gasteiger partial charge in [0.25, 0.3) is 0 Å². The van der Waals surface area contributed by atoms with Crippen molar-refractivity contribution < 1.29 is 13.9 Å². The predicted octanol–water partition coefficient (Wildman–Crippen LogP) is 2.01. The highest BCUT2D eigenvalue weighted by molar-refractivity contribution is 5.47. The van der Waals surface area contributed by atoms with Crippen molar-refractivity contribution in [1.29, 1.82) is 0 Å². The lowest BCUT2D eigenvalue weighted by atomic mass is 10.1. The molecule has 1 saturated heterocycles. The SMILES string of the molecule is COc1ccc(NC(C)CC2COCCN2)cc1F. The minimum absolute atomic E-state index is 0.243. The molecule has 1 aromatic rings. The molecule has 4 nitrogen and oxygen atoms in total. The summed E-state index contributed by atoms with van der Waals surface area (Å²) in [6, 6.07) is 5.52. The first kappa shape index (κ1) is 14.1. The number of methoxy groups -OCH3 is 1. The van der Waals surface area contributed by atoms with Gasteiger partial charge in [0.1, 0.15) is 0 Å². The number of nitrogens with one attached hydrogen (secondary N) is 2. The molecule has 0 bridgehead atoms. The fraction of sp³-hybridized carbons (Fsp3) is 0.571. The van der Waals surface area contributed by atoms with Crippen molar-refractivity contribution in [2.45, 2.75) is 25.4 Å². The molecule has 2 atom stereocenters. The largest absolute Gasteiger partial charge is 0.494 e. The second-order valence-electron chi connectivity index (χ2n) is 4.86. The number of hydrogen-bond acceptors (Lipinski definition) is 4. The summed E-state index contributed by atoms with van der Waals surface area (Å²) in [5.74, 6) is -0.0839. The number of morpholine rings is 1. The first-order chi connectivity index (χ1) is 9.19. The van der Waals surface area contributed by atoms with Gasteiger partial charge in [-0.25, -0.2) is 4.39 Å². The van der Waals surface area contributed by atoms with Gasteiger partial charge >= 0.3 is 0 Å². The van der Waals surface area contributed by atoms with Gasteiger partial charge in [-0.2, -0.15) is 0 Å². The zero-order valence-electron chi connectivity index (χ0n) is 11.4. The van der Waals surface area contributed by atoms with Crippen molar-refractivity contribution in [2.24, 2.45) is 0 Å². The molecule has 1 aromatic carbocycles. The smallest absolute Gasteiger partial charge is 0.167 e. The Kier molecular flexibility index (Phi) is 4.99. The second-order valence-corrected chi connectivity index (χ2v) is 4.86. The van der Waals surface area contributed by atoms with Gasteiger partial charge in [-0.1, -0.05) is 0 Å². The van der Waals surface area contributed by atoms with Crippen LogP contribution in [0.4, 0.5) is 10.1 Å². The summed E-state index contributed by atoms with van der Waals surface area (Å²) in [5, 5.41) is 6.70. The van der Waals surface area contributed by atoms with Crippen LogP contribution in [0.15, 0.2) is 18.2 Å². The highest BCUT2D eigenvalue weighted by Gasteiger charge is 2.16. The Hall–Kier alpha value is -1.33. The van der Waals surface area contributed by atoms with E-state index in [1.807, 2.05) is 6.07 Å². The molecule has 0 aromatic heterocycles. The summed E-state index contributed by atoms with van der Waals surface area (Å²) in [7, 11) is 1.46. The molecule has 1 aliphatic rings. The van der Waals surface area contributed by atoms with Crippen molar-refractivity contribution >= 4 is 5.69 Å². The lowest BCUT2D eigenvalue weighted by Crippen LogP contribution is -2.43. The average Bonchev–Trinajstić information content (AvgIpc) is 2.40. The molecule has 19 heavy (non-hydrogen) atoms. The van der Waals surface area contributed by atoms with E-state index in [-0.39, 0.29) is 17.6 Å². The number of ether oxygens (including phenoxy) is 2. The van der Waals surface area contributed by atoms with E-state index in [1.54, 1.807) is 6.07 Å². The molecule has 0 radical (unpaired) electrons. The average molecular weight is 268 g/mol. The standard InChI is InChI=1S/C14H21FN2O2/c1-10(7-12-9-19-6-5-16-12)17-11-3-4-14(18-2)13(15)8-11/h3-4,8,10,12,16-17H,5-7,9H2,1-2H3. The number of benzene rings is 1. The molecular formula is C14H21FN2O2. The van der Waals surface area contributed by atoms with Crippen LogP contribution in [0.25, 0.3) is 0 Å². The van der Waals surface area contributed by atoms with Crippen molar-refractivity contribution in [2.75, 3.05) is 32.2 Å². The van der Waals surface area contributed by atoms with Crippen molar-refractivity contribution in [3.63, 3.8) is 0 Å². The molecule has 0 saturated carbocycles. The summed E-state index contributed by atoms with van der Waals surface area (Å²) < 4.78 is 23.9. The quantitative estimate of drug-likeness (QED) is 0.857. The van der Waals surface area contributed by atoms with E-state index in [2.05, 4.69) is 17.6 Å². The minimum atomic E-state index is -0.348. The van der Waals surface area contributed by atoms with Gasteiger partial charge in [-0.05, 0) is 25.5 Å². The molecule has 1 fully saturated rings. The minimum Gasteiger partial charge on any atom is -0.494 e. The maximum atomic E-state index is 13.6. The molecule has 0 aliphatic carbocycles. The van der Waals surface area contributed by atoms with Gasteiger partial charge in [0.2, 0.25) is 0 Å². The molecule has 5 heteroatoms. The molecule has 2 rings (SSSR count). The first-order valence-corrected chi connectivity index (χ1v) is 6.60. The summed E-state index contributed by atoms with van der Waals surface area (Å²) in [5.41, 5.74) is 0.766. The monoisotopic (exact) mass is 268 g/mol. The van der Waals surface area contributed by atoms with Crippen molar-refractivity contribution in [1.82, 2.24) is 5.32 Å². The Labute approximate surface area is 113 Å². The molecule has 2 N–H and O–H groups in total. The second kappa shape index (κ2) is 6.73. The van der Waals surface area contributed by atoms with E-state index in [0.717, 1.165) is 31.9 Å². The fourth-order valence-electron chi connectivity index (χ4n) is 2.30. The van der Waals surface area contributed by atoms with Crippen LogP contribution in [0.5, 0.6) is 5.75 Å². The van der Waals surface area contributed by atoms with E-state index in [1.165, 1.54) is 13.2 Å². The molecule has 1 aliphatic heterocycles. The first-order valence-electron chi connectivity index (χ1n) is 6.60. The number of hydrogen-bond donors (Lipinski definition) is 2. The number of anilines is 1. The Morgan fingerprint density at radius 3 is 3.05 bits per heavy atom. The van der Waals surface area contributed by atoms with Crippen LogP contribution < -0.4 is 15.4 Å². The lowest BCUT2D eigenvalue weighted by molar-refractivity contribution is 0.0731. The van der Waals surface area contributed by atoms with Gasteiger partial charge in [0.05, 0.1) is 20.3 Å². The third kappa shape index (κ3) is 4.08. The van der Waals surface area contributed by atoms with Gasteiger partial charge in [0.15, 0.2) is 11.6 Å². The van der Waals surface area contributed by atoms with Gasteiger partial charge in [-0.15, -0.1) is 0 Å². The third-order valence-electron chi connectivity index (χ3n) is 3.20. The van der Waals surface area contributed by atoms with E-state index >= 15 is 0 Å². The van der Waals surface area contributed by atoms with Gasteiger partial charge in [0, 0.05) is 30.4 Å². The lowest BCUT2D eigenvalue weighted by Gasteiger charge is -2.27.